The smallest absolute Gasteiger partial charge is 0.410 e. The van der Waals surface area contributed by atoms with E-state index in [2.05, 4.69) is 58.2 Å². The highest BCUT2D eigenvalue weighted by Gasteiger charge is 2.36. The molecule has 1 N–H and O–H groups in total. The van der Waals surface area contributed by atoms with Crippen LogP contribution < -0.4 is 5.32 Å². The highest BCUT2D eigenvalue weighted by Crippen LogP contribution is 2.19. The maximum atomic E-state index is 12.4. The number of amides is 1. The standard InChI is InChI=1S/C23H37N5O2.HI/c1-6-26(7-2)16-19-10-8-18(9-11-19)14-24-21-25-15-20-17-27(12-13-28(20)21)22(29)30-23(3,4)5;/h8-11,20H,6-7,12-17H2,1-5H3,(H,24,25);1H. The Morgan fingerprint density at radius 3 is 2.42 bits per heavy atom. The number of carbonyl (C=O) groups excluding carboxylic acids is 1. The fourth-order valence-corrected chi connectivity index (χ4v) is 3.87. The fourth-order valence-electron chi connectivity index (χ4n) is 3.87. The maximum absolute atomic E-state index is 12.4. The summed E-state index contributed by atoms with van der Waals surface area (Å²) in [4.78, 5) is 23.6. The molecular formula is C23H38IN5O2. The summed E-state index contributed by atoms with van der Waals surface area (Å²) in [5.41, 5.74) is 2.13. The van der Waals surface area contributed by atoms with Crippen LogP contribution in [0.1, 0.15) is 45.7 Å². The van der Waals surface area contributed by atoms with Crippen LogP contribution in [0.15, 0.2) is 29.3 Å². The third-order valence-electron chi connectivity index (χ3n) is 5.63. The first kappa shape index (κ1) is 25.7. The molecular weight excluding hydrogens is 505 g/mol. The molecule has 1 fully saturated rings. The van der Waals surface area contributed by atoms with Gasteiger partial charge in [-0.05, 0) is 45.0 Å². The van der Waals surface area contributed by atoms with Gasteiger partial charge in [0.15, 0.2) is 5.96 Å². The SMILES string of the molecule is CCN(CC)Cc1ccc(CNC2=NCC3CN(C(=O)OC(C)(C)C)CCN23)cc1.I. The summed E-state index contributed by atoms with van der Waals surface area (Å²) < 4.78 is 5.52. The molecule has 2 heterocycles. The van der Waals surface area contributed by atoms with Gasteiger partial charge in [0.2, 0.25) is 0 Å². The predicted molar refractivity (Wildman–Crippen MR) is 136 cm³/mol. The lowest BCUT2D eigenvalue weighted by Gasteiger charge is -2.39. The molecule has 8 heteroatoms. The number of nitrogens with one attached hydrogen (secondary N) is 1. The second-order valence-electron chi connectivity index (χ2n) is 9.07. The molecule has 1 unspecified atom stereocenters. The third kappa shape index (κ3) is 7.24. The normalized spacial score (nSPS) is 18.4. The number of benzene rings is 1. The number of nitrogens with zero attached hydrogens (tertiary/aromatic N) is 4. The Balaban J connectivity index is 0.00000341. The highest BCUT2D eigenvalue weighted by molar-refractivity contribution is 14.0. The molecule has 1 aromatic rings. The molecule has 1 amide bonds. The number of guanidine groups is 1. The van der Waals surface area contributed by atoms with Crippen LogP contribution in [0.4, 0.5) is 4.79 Å². The molecule has 3 rings (SSSR count). The van der Waals surface area contributed by atoms with Crippen molar-refractivity contribution in [2.45, 2.75) is 59.4 Å². The molecule has 174 valence electrons. The molecule has 2 aliphatic heterocycles. The van der Waals surface area contributed by atoms with Crippen LogP contribution >= 0.6 is 24.0 Å². The van der Waals surface area contributed by atoms with Crippen molar-refractivity contribution in [3.05, 3.63) is 35.4 Å². The molecule has 1 atom stereocenters. The molecule has 0 bridgehead atoms. The zero-order chi connectivity index (χ0) is 21.7. The molecule has 0 aromatic heterocycles. The molecule has 1 aromatic carbocycles. The lowest BCUT2D eigenvalue weighted by molar-refractivity contribution is 0.0137. The number of fused-ring (bicyclic) bond motifs is 1. The number of piperazine rings is 1. The van der Waals surface area contributed by atoms with Crippen molar-refractivity contribution in [1.82, 2.24) is 20.0 Å². The second kappa shape index (κ2) is 11.4. The van der Waals surface area contributed by atoms with E-state index >= 15 is 0 Å². The zero-order valence-corrected chi connectivity index (χ0v) is 21.9. The lowest BCUT2D eigenvalue weighted by Crippen LogP contribution is -2.57. The van der Waals surface area contributed by atoms with E-state index in [1.807, 2.05) is 20.8 Å². The van der Waals surface area contributed by atoms with Gasteiger partial charge in [0.05, 0.1) is 12.6 Å². The van der Waals surface area contributed by atoms with E-state index in [4.69, 9.17) is 4.74 Å². The molecule has 2 aliphatic rings. The number of rotatable bonds is 6. The minimum Gasteiger partial charge on any atom is -0.444 e. The van der Waals surface area contributed by atoms with Gasteiger partial charge >= 0.3 is 6.09 Å². The second-order valence-corrected chi connectivity index (χ2v) is 9.07. The Labute approximate surface area is 204 Å². The highest BCUT2D eigenvalue weighted by atomic mass is 127. The summed E-state index contributed by atoms with van der Waals surface area (Å²) in [5.74, 6) is 0.941. The van der Waals surface area contributed by atoms with E-state index in [9.17, 15) is 4.79 Å². The van der Waals surface area contributed by atoms with E-state index in [0.717, 1.165) is 38.7 Å². The van der Waals surface area contributed by atoms with Gasteiger partial charge in [-0.15, -0.1) is 24.0 Å². The van der Waals surface area contributed by atoms with Crippen LogP contribution in [0, 0.1) is 0 Å². The molecule has 7 nitrogen and oxygen atoms in total. The quantitative estimate of drug-likeness (QED) is 0.557. The van der Waals surface area contributed by atoms with Crippen LogP contribution in [0.25, 0.3) is 0 Å². The number of ether oxygens (including phenoxy) is 1. The first-order valence-electron chi connectivity index (χ1n) is 11.1. The van der Waals surface area contributed by atoms with Gasteiger partial charge in [-0.1, -0.05) is 38.1 Å². The van der Waals surface area contributed by atoms with E-state index in [-0.39, 0.29) is 36.1 Å². The van der Waals surface area contributed by atoms with Crippen LogP contribution in [-0.2, 0) is 17.8 Å². The van der Waals surface area contributed by atoms with E-state index in [1.165, 1.54) is 11.1 Å². The van der Waals surface area contributed by atoms with Gasteiger partial charge in [-0.2, -0.15) is 0 Å². The van der Waals surface area contributed by atoms with Crippen molar-refractivity contribution in [2.24, 2.45) is 4.99 Å². The van der Waals surface area contributed by atoms with E-state index < -0.39 is 5.60 Å². The Morgan fingerprint density at radius 2 is 1.81 bits per heavy atom. The third-order valence-corrected chi connectivity index (χ3v) is 5.63. The summed E-state index contributed by atoms with van der Waals surface area (Å²) in [5, 5.41) is 3.49. The van der Waals surface area contributed by atoms with Crippen molar-refractivity contribution in [2.75, 3.05) is 39.3 Å². The van der Waals surface area contributed by atoms with Gasteiger partial charge in [-0.3, -0.25) is 9.89 Å². The van der Waals surface area contributed by atoms with Gasteiger partial charge in [0.1, 0.15) is 5.60 Å². The summed E-state index contributed by atoms with van der Waals surface area (Å²) in [6.07, 6.45) is -0.228. The van der Waals surface area contributed by atoms with Gasteiger partial charge in [0, 0.05) is 32.7 Å². The van der Waals surface area contributed by atoms with E-state index in [1.54, 1.807) is 4.90 Å². The first-order chi connectivity index (χ1) is 14.3. The molecule has 0 saturated carbocycles. The minimum atomic E-state index is -0.464. The maximum Gasteiger partial charge on any atom is 0.410 e. The average molecular weight is 543 g/mol. The van der Waals surface area contributed by atoms with Gasteiger partial charge in [0.25, 0.3) is 0 Å². The number of hydrogen-bond acceptors (Lipinski definition) is 6. The molecule has 31 heavy (non-hydrogen) atoms. The van der Waals surface area contributed by atoms with Crippen molar-refractivity contribution < 1.29 is 9.53 Å². The van der Waals surface area contributed by atoms with Crippen LogP contribution in [0.2, 0.25) is 0 Å². The van der Waals surface area contributed by atoms with Crippen molar-refractivity contribution in [3.8, 4) is 0 Å². The molecule has 0 spiro atoms. The number of aliphatic imine (C=N–C) groups is 1. The molecule has 1 saturated heterocycles. The zero-order valence-electron chi connectivity index (χ0n) is 19.6. The first-order valence-corrected chi connectivity index (χ1v) is 11.1. The monoisotopic (exact) mass is 543 g/mol. The summed E-state index contributed by atoms with van der Waals surface area (Å²) in [7, 11) is 0. The van der Waals surface area contributed by atoms with Crippen LogP contribution in [0.5, 0.6) is 0 Å². The number of carbonyl (C=O) groups is 1. The topological polar surface area (TPSA) is 60.4 Å². The van der Waals surface area contributed by atoms with Crippen LogP contribution in [-0.4, -0.2) is 77.7 Å². The molecule has 0 aliphatic carbocycles. The summed E-state index contributed by atoms with van der Waals surface area (Å²) >= 11 is 0. The van der Waals surface area contributed by atoms with Crippen molar-refractivity contribution in [3.63, 3.8) is 0 Å². The summed E-state index contributed by atoms with van der Waals surface area (Å²) in [6.45, 7) is 16.8. The number of hydrogen-bond donors (Lipinski definition) is 1. The Morgan fingerprint density at radius 1 is 1.16 bits per heavy atom. The summed E-state index contributed by atoms with van der Waals surface area (Å²) in [6, 6.07) is 9.05. The Kier molecular flexibility index (Phi) is 9.42. The fraction of sp³-hybridized carbons (Fsp3) is 0.652. The minimum absolute atomic E-state index is 0. The Hall–Kier alpha value is -1.55. The van der Waals surface area contributed by atoms with Gasteiger partial charge < -0.3 is 19.9 Å². The largest absolute Gasteiger partial charge is 0.444 e. The lowest BCUT2D eigenvalue weighted by atomic mass is 10.1. The number of halogens is 1. The predicted octanol–water partition coefficient (Wildman–Crippen LogP) is 3.53. The van der Waals surface area contributed by atoms with Gasteiger partial charge in [-0.25, -0.2) is 4.79 Å². The van der Waals surface area contributed by atoms with Crippen LogP contribution in [0.3, 0.4) is 0 Å². The Bertz CT molecular complexity index is 743. The van der Waals surface area contributed by atoms with Crippen molar-refractivity contribution >= 4 is 36.0 Å². The van der Waals surface area contributed by atoms with E-state index in [0.29, 0.717) is 19.6 Å². The average Bonchev–Trinajstić information content (AvgIpc) is 3.12. The molecule has 0 radical (unpaired) electrons. The van der Waals surface area contributed by atoms with Crippen molar-refractivity contribution in [1.29, 1.82) is 0 Å².